The summed E-state index contributed by atoms with van der Waals surface area (Å²) in [4.78, 5) is 113. The summed E-state index contributed by atoms with van der Waals surface area (Å²) in [6, 6.07) is 13.9. The summed E-state index contributed by atoms with van der Waals surface area (Å²) in [7, 11) is 1.74. The highest BCUT2D eigenvalue weighted by molar-refractivity contribution is 6.74. The van der Waals surface area contributed by atoms with Crippen molar-refractivity contribution in [2.24, 2.45) is 5.92 Å². The van der Waals surface area contributed by atoms with E-state index in [0.29, 0.717) is 48.2 Å². The van der Waals surface area contributed by atoms with Crippen molar-refractivity contribution in [1.29, 1.82) is 0 Å². The van der Waals surface area contributed by atoms with E-state index in [4.69, 9.17) is 47.1 Å². The lowest BCUT2D eigenvalue weighted by molar-refractivity contribution is -0.195. The highest BCUT2D eigenvalue weighted by atomic mass is 28.4. The number of benzene rings is 4. The van der Waals surface area contributed by atoms with Gasteiger partial charge in [-0.25, -0.2) is 24.1 Å². The molecule has 3 saturated heterocycles. The molecule has 3 fully saturated rings. The lowest BCUT2D eigenvalue weighted by Crippen LogP contribution is -2.53. The maximum atomic E-state index is 15.0. The summed E-state index contributed by atoms with van der Waals surface area (Å²) in [5.74, 6) is -2.71. The van der Waals surface area contributed by atoms with Gasteiger partial charge in [0.05, 0.1) is 68.1 Å². The third-order valence-electron chi connectivity index (χ3n) is 17.5. The maximum absolute atomic E-state index is 15.0. The number of ether oxygens (including phenoxy) is 9. The van der Waals surface area contributed by atoms with Crippen LogP contribution in [0.2, 0.25) is 18.1 Å². The number of carbonyl (C=O) groups is 8. The third kappa shape index (κ3) is 18.2. The topological polar surface area (TPSA) is 307 Å². The van der Waals surface area contributed by atoms with E-state index in [2.05, 4.69) is 74.9 Å². The highest BCUT2D eigenvalue weighted by Gasteiger charge is 2.49. The molecule has 4 aliphatic rings. The first kappa shape index (κ1) is 73.4. The van der Waals surface area contributed by atoms with Gasteiger partial charge in [-0.1, -0.05) is 83.7 Å². The molecule has 4 aromatic carbocycles. The molecular formula is C70H89N7O19Si. The minimum absolute atomic E-state index is 0.00129. The standard InChI is InChI=1S/C70H89N7O19Si/c1-15-23-91-68(84)74-60(40(2)3)62(79)71-43(6)61(78)72-48-21-19-44(20-22-48)36-94-67(83)73-52-32-57(55(87-10)30-50(52)63(80)75-34-41(4)25-49(75)39-95-97(13,14)70(7,8)9)92-37-45-27-46(29-47(28-45)66(82)89-12)38-93-58-33-53-51(31-56(58)88-11)64(81)76-35-42(5)26-54(76)65(77(53)69(85)86)96-59-18-16-17-24-90-59/h15,19-22,27-33,40,43,49,54,59-60,65H,1,4-5,16-18,23-26,34-39H2,2-3,6-14H3,(H,71,79)(H,72,78)(H,73,83)(H,74,84)(H,85,86)/t43-,49-,54-,59?,60-,65-/m0/s1. The van der Waals surface area contributed by atoms with E-state index in [1.54, 1.807) is 66.1 Å². The Balaban J connectivity index is 1.03. The molecule has 0 spiro atoms. The van der Waals surface area contributed by atoms with Gasteiger partial charge in [-0.3, -0.25) is 24.5 Å². The van der Waals surface area contributed by atoms with Crippen molar-refractivity contribution in [2.75, 3.05) is 69.8 Å². The van der Waals surface area contributed by atoms with Crippen LogP contribution in [0.3, 0.4) is 0 Å². The molecule has 6 atom stereocenters. The van der Waals surface area contributed by atoms with Crippen molar-refractivity contribution in [1.82, 2.24) is 20.4 Å². The van der Waals surface area contributed by atoms with E-state index in [9.17, 15) is 38.7 Å². The van der Waals surface area contributed by atoms with Gasteiger partial charge in [0, 0.05) is 37.5 Å². The number of nitrogens with one attached hydrogen (secondary N) is 4. The Kier molecular flexibility index (Phi) is 24.3. The smallest absolute Gasteiger partial charge is 0.414 e. The number of hydrogen-bond donors (Lipinski definition) is 5. The maximum Gasteiger partial charge on any atom is 0.414 e. The van der Waals surface area contributed by atoms with Crippen LogP contribution in [-0.2, 0) is 57.5 Å². The first-order valence-corrected chi connectivity index (χ1v) is 34.9. The lowest BCUT2D eigenvalue weighted by atomic mass is 10.0. The predicted molar refractivity (Wildman–Crippen MR) is 362 cm³/mol. The number of amides is 7. The fourth-order valence-electron chi connectivity index (χ4n) is 11.3. The molecule has 0 saturated carbocycles. The molecule has 26 nitrogen and oxygen atoms in total. The second-order valence-corrected chi connectivity index (χ2v) is 30.9. The third-order valence-corrected chi connectivity index (χ3v) is 22.0. The first-order valence-electron chi connectivity index (χ1n) is 32.0. The number of fused-ring (bicyclic) bond motifs is 2. The number of likely N-dealkylation sites (tertiary alicyclic amines) is 1. The Labute approximate surface area is 566 Å². The van der Waals surface area contributed by atoms with Crippen LogP contribution >= 0.6 is 0 Å². The van der Waals surface area contributed by atoms with E-state index >= 15 is 4.79 Å². The van der Waals surface area contributed by atoms with Crippen molar-refractivity contribution in [2.45, 2.75) is 148 Å². The van der Waals surface area contributed by atoms with Gasteiger partial charge in [0.2, 0.25) is 11.8 Å². The van der Waals surface area contributed by atoms with Gasteiger partial charge in [-0.15, -0.1) is 0 Å². The molecule has 5 N–H and O–H groups in total. The summed E-state index contributed by atoms with van der Waals surface area (Å²) >= 11 is 0. The molecule has 4 aliphatic heterocycles. The zero-order chi connectivity index (χ0) is 70.6. The average molecular weight is 1360 g/mol. The lowest BCUT2D eigenvalue weighted by Gasteiger charge is -2.38. The van der Waals surface area contributed by atoms with Crippen LogP contribution in [0.4, 0.5) is 31.4 Å². The number of carboxylic acid groups (broad SMARTS) is 1. The fourth-order valence-corrected chi connectivity index (χ4v) is 12.3. The van der Waals surface area contributed by atoms with Crippen LogP contribution in [0.1, 0.15) is 121 Å². The molecule has 27 heteroatoms. The molecule has 522 valence electrons. The predicted octanol–water partition coefficient (Wildman–Crippen LogP) is 10.7. The molecule has 1 unspecified atom stereocenters. The Bertz CT molecular complexity index is 3640. The van der Waals surface area contributed by atoms with Crippen LogP contribution in [0.15, 0.2) is 104 Å². The SMILES string of the molecule is C=CCOC(=O)N[C@H](C(=O)N[C@@H](C)C(=O)Nc1ccc(COC(=O)Nc2cc(OCc3cc(COc4cc5c(cc4OC)C(=O)N4CC(=C)C[C@H]4[C@H](OC4CCCCO4)N5C(=O)O)cc(C(=O)OC)c3)c(OC)cc2C(=O)N2CC(=C)C[C@H]2CO[Si](C)(C)C(C)(C)C)cc1)C(C)C. The minimum Gasteiger partial charge on any atom is -0.493 e. The van der Waals surface area contributed by atoms with Crippen LogP contribution in [0, 0.1) is 5.92 Å². The van der Waals surface area contributed by atoms with Crippen LogP contribution < -0.4 is 45.1 Å². The van der Waals surface area contributed by atoms with Gasteiger partial charge in [0.1, 0.15) is 38.5 Å². The Hall–Kier alpha value is -9.44. The number of hydrogen-bond acceptors (Lipinski definition) is 18. The molecule has 0 aromatic heterocycles. The second-order valence-electron chi connectivity index (χ2n) is 26.1. The van der Waals surface area contributed by atoms with Gasteiger partial charge >= 0.3 is 24.2 Å². The number of alkyl carbamates (subject to hydrolysis) is 1. The van der Waals surface area contributed by atoms with E-state index < -0.39 is 86.8 Å². The monoisotopic (exact) mass is 1360 g/mol. The van der Waals surface area contributed by atoms with Gasteiger partial charge in [0.25, 0.3) is 11.8 Å². The number of carbonyl (C=O) groups excluding carboxylic acids is 7. The van der Waals surface area contributed by atoms with Crippen molar-refractivity contribution in [3.05, 3.63) is 137 Å². The van der Waals surface area contributed by atoms with Gasteiger partial charge in [-0.2, -0.15) is 0 Å². The van der Waals surface area contributed by atoms with Crippen LogP contribution in [-0.4, -0.2) is 162 Å². The Morgan fingerprint density at radius 3 is 2.03 bits per heavy atom. The van der Waals surface area contributed by atoms with E-state index in [1.165, 1.54) is 58.6 Å². The molecule has 4 heterocycles. The molecule has 7 amide bonds. The average Bonchev–Trinajstić information content (AvgIpc) is 1.64. The fraction of sp³-hybridized carbons (Fsp3) is 0.457. The Morgan fingerprint density at radius 2 is 1.42 bits per heavy atom. The Morgan fingerprint density at radius 1 is 0.763 bits per heavy atom. The molecule has 0 radical (unpaired) electrons. The zero-order valence-corrected chi connectivity index (χ0v) is 57.9. The van der Waals surface area contributed by atoms with E-state index in [1.807, 2.05) is 0 Å². The molecule has 8 rings (SSSR count). The van der Waals surface area contributed by atoms with Crippen molar-refractivity contribution >= 4 is 73.3 Å². The van der Waals surface area contributed by atoms with Crippen molar-refractivity contribution in [3.8, 4) is 23.0 Å². The minimum atomic E-state index is -2.27. The van der Waals surface area contributed by atoms with Crippen LogP contribution in [0.5, 0.6) is 23.0 Å². The summed E-state index contributed by atoms with van der Waals surface area (Å²) in [5, 5.41) is 21.4. The van der Waals surface area contributed by atoms with E-state index in [-0.39, 0.29) is 114 Å². The van der Waals surface area contributed by atoms with Gasteiger partial charge < -0.3 is 77.9 Å². The van der Waals surface area contributed by atoms with Gasteiger partial charge in [0.15, 0.2) is 43.8 Å². The second kappa shape index (κ2) is 32.1. The molecule has 0 bridgehead atoms. The van der Waals surface area contributed by atoms with Crippen molar-refractivity contribution < 1.29 is 90.5 Å². The van der Waals surface area contributed by atoms with Gasteiger partial charge in [-0.05, 0) is 122 Å². The largest absolute Gasteiger partial charge is 0.493 e. The summed E-state index contributed by atoms with van der Waals surface area (Å²) < 4.78 is 59.3. The zero-order valence-electron chi connectivity index (χ0n) is 56.9. The number of esters is 1. The van der Waals surface area contributed by atoms with Crippen molar-refractivity contribution in [3.63, 3.8) is 0 Å². The molecule has 0 aliphatic carbocycles. The number of methoxy groups -OCH3 is 3. The molecular weight excluding hydrogens is 1270 g/mol. The number of rotatable bonds is 26. The first-order chi connectivity index (χ1) is 46.0. The highest BCUT2D eigenvalue weighted by Crippen LogP contribution is 2.44. The summed E-state index contributed by atoms with van der Waals surface area (Å²) in [5.41, 5.74) is 3.49. The quantitative estimate of drug-likeness (QED) is 0.0169. The van der Waals surface area contributed by atoms with Crippen LogP contribution in [0.25, 0.3) is 0 Å². The summed E-state index contributed by atoms with van der Waals surface area (Å²) in [6.45, 7) is 27.8. The molecule has 97 heavy (non-hydrogen) atoms. The normalized spacial score (nSPS) is 18.4. The number of nitrogens with zero attached hydrogens (tertiary/aromatic N) is 3. The molecule has 4 aromatic rings. The summed E-state index contributed by atoms with van der Waals surface area (Å²) in [6.07, 6.45) is -0.660. The number of anilines is 3. The van der Waals surface area contributed by atoms with E-state index in [0.717, 1.165) is 28.9 Å².